The highest BCUT2D eigenvalue weighted by Gasteiger charge is 2.30. The lowest BCUT2D eigenvalue weighted by Crippen LogP contribution is -2.53. The zero-order valence-corrected chi connectivity index (χ0v) is 11.8. The lowest BCUT2D eigenvalue weighted by Gasteiger charge is -2.35. The summed E-state index contributed by atoms with van der Waals surface area (Å²) < 4.78 is 5.26. The predicted molar refractivity (Wildman–Crippen MR) is 75.0 cm³/mol. The van der Waals surface area contributed by atoms with Crippen molar-refractivity contribution in [1.29, 1.82) is 0 Å². The SMILES string of the molecule is CNc1nc(N2CCOCC2C(N)=O)c(Cl)cc1Cl. The van der Waals surface area contributed by atoms with E-state index in [-0.39, 0.29) is 6.61 Å². The first-order valence-electron chi connectivity index (χ1n) is 5.72. The van der Waals surface area contributed by atoms with Gasteiger partial charge in [-0.25, -0.2) is 4.98 Å². The van der Waals surface area contributed by atoms with Crippen molar-refractivity contribution in [3.8, 4) is 0 Å². The van der Waals surface area contributed by atoms with E-state index in [2.05, 4.69) is 10.3 Å². The van der Waals surface area contributed by atoms with Crippen molar-refractivity contribution >= 4 is 40.7 Å². The summed E-state index contributed by atoms with van der Waals surface area (Å²) in [7, 11) is 1.71. The van der Waals surface area contributed by atoms with Gasteiger partial charge in [0.25, 0.3) is 0 Å². The van der Waals surface area contributed by atoms with Gasteiger partial charge in [0.2, 0.25) is 5.91 Å². The van der Waals surface area contributed by atoms with Crippen molar-refractivity contribution in [3.63, 3.8) is 0 Å². The Bertz CT molecular complexity index is 498. The highest BCUT2D eigenvalue weighted by molar-refractivity contribution is 6.37. The van der Waals surface area contributed by atoms with Crippen molar-refractivity contribution in [3.05, 3.63) is 16.1 Å². The number of halogens is 2. The molecular weight excluding hydrogens is 291 g/mol. The van der Waals surface area contributed by atoms with Crippen molar-refractivity contribution in [2.45, 2.75) is 6.04 Å². The van der Waals surface area contributed by atoms with Crippen LogP contribution in [-0.4, -0.2) is 43.7 Å². The van der Waals surface area contributed by atoms with E-state index in [1.54, 1.807) is 18.0 Å². The van der Waals surface area contributed by atoms with Gasteiger partial charge in [-0.1, -0.05) is 23.2 Å². The van der Waals surface area contributed by atoms with Gasteiger partial charge in [0.15, 0.2) is 5.82 Å². The number of nitrogens with two attached hydrogens (primary N) is 1. The van der Waals surface area contributed by atoms with Crippen LogP contribution in [0.2, 0.25) is 10.0 Å². The van der Waals surface area contributed by atoms with Gasteiger partial charge in [-0.2, -0.15) is 0 Å². The third-order valence-electron chi connectivity index (χ3n) is 2.88. The number of nitrogens with zero attached hydrogens (tertiary/aromatic N) is 2. The molecule has 0 bridgehead atoms. The molecule has 1 unspecified atom stereocenters. The van der Waals surface area contributed by atoms with E-state index in [4.69, 9.17) is 33.7 Å². The smallest absolute Gasteiger partial charge is 0.242 e. The van der Waals surface area contributed by atoms with Crippen LogP contribution in [0.4, 0.5) is 11.6 Å². The molecule has 1 atom stereocenters. The van der Waals surface area contributed by atoms with Crippen molar-refractivity contribution in [2.24, 2.45) is 5.73 Å². The van der Waals surface area contributed by atoms with E-state index in [0.717, 1.165) is 0 Å². The van der Waals surface area contributed by atoms with Gasteiger partial charge in [-0.15, -0.1) is 0 Å². The summed E-state index contributed by atoms with van der Waals surface area (Å²) in [6, 6.07) is 1.01. The number of amides is 1. The molecule has 0 radical (unpaired) electrons. The second kappa shape index (κ2) is 5.81. The lowest BCUT2D eigenvalue weighted by atomic mass is 10.2. The molecule has 1 fully saturated rings. The minimum absolute atomic E-state index is 0.227. The van der Waals surface area contributed by atoms with Crippen LogP contribution in [0.25, 0.3) is 0 Å². The third-order valence-corrected chi connectivity index (χ3v) is 3.44. The fourth-order valence-electron chi connectivity index (χ4n) is 1.93. The maximum absolute atomic E-state index is 11.5. The quantitative estimate of drug-likeness (QED) is 0.875. The molecule has 2 rings (SSSR count). The van der Waals surface area contributed by atoms with E-state index < -0.39 is 11.9 Å². The summed E-state index contributed by atoms with van der Waals surface area (Å²) >= 11 is 12.1. The average Bonchev–Trinajstić information content (AvgIpc) is 2.39. The minimum Gasteiger partial charge on any atom is -0.377 e. The van der Waals surface area contributed by atoms with Gasteiger partial charge in [0, 0.05) is 13.6 Å². The Hall–Kier alpha value is -1.24. The zero-order valence-electron chi connectivity index (χ0n) is 10.3. The number of hydrogen-bond donors (Lipinski definition) is 2. The number of aromatic nitrogens is 1. The van der Waals surface area contributed by atoms with E-state index in [1.165, 1.54) is 0 Å². The maximum Gasteiger partial charge on any atom is 0.242 e. The molecule has 3 N–H and O–H groups in total. The van der Waals surface area contributed by atoms with Gasteiger partial charge in [0.05, 0.1) is 23.3 Å². The van der Waals surface area contributed by atoms with Crippen molar-refractivity contribution in [2.75, 3.05) is 37.0 Å². The molecule has 1 aromatic heterocycles. The predicted octanol–water partition coefficient (Wildman–Crippen LogP) is 1.12. The van der Waals surface area contributed by atoms with E-state index in [9.17, 15) is 4.79 Å². The second-order valence-electron chi connectivity index (χ2n) is 4.06. The molecule has 1 aromatic rings. The molecule has 0 saturated carbocycles. The maximum atomic E-state index is 11.5. The van der Waals surface area contributed by atoms with E-state index in [1.807, 2.05) is 0 Å². The third kappa shape index (κ3) is 2.86. The molecule has 1 saturated heterocycles. The number of nitrogens with one attached hydrogen (secondary N) is 1. The number of hydrogen-bond acceptors (Lipinski definition) is 5. The summed E-state index contributed by atoms with van der Waals surface area (Å²) in [6.45, 7) is 1.20. The molecule has 0 aromatic carbocycles. The monoisotopic (exact) mass is 304 g/mol. The van der Waals surface area contributed by atoms with Crippen LogP contribution in [0, 0.1) is 0 Å². The fourth-order valence-corrected chi connectivity index (χ4v) is 2.49. The van der Waals surface area contributed by atoms with E-state index >= 15 is 0 Å². The van der Waals surface area contributed by atoms with Gasteiger partial charge in [-0.05, 0) is 6.07 Å². The molecule has 6 nitrogen and oxygen atoms in total. The first kappa shape index (κ1) is 14.2. The highest BCUT2D eigenvalue weighted by atomic mass is 35.5. The molecule has 104 valence electrons. The number of carbonyl (C=O) groups is 1. The number of morpholine rings is 1. The molecule has 2 heterocycles. The van der Waals surface area contributed by atoms with Crippen LogP contribution < -0.4 is 16.0 Å². The van der Waals surface area contributed by atoms with Crippen LogP contribution in [0.15, 0.2) is 6.07 Å². The average molecular weight is 305 g/mol. The Kier molecular flexibility index (Phi) is 4.34. The Labute approximate surface area is 120 Å². The fraction of sp³-hybridized carbons (Fsp3) is 0.455. The molecule has 0 aliphatic carbocycles. The Morgan fingerprint density at radius 1 is 1.58 bits per heavy atom. The standard InChI is InChI=1S/C11H14Cl2N4O2/c1-15-10-6(12)4-7(13)11(16-10)17-2-3-19-5-8(17)9(14)18/h4,8H,2-3,5H2,1H3,(H2,14,18)(H,15,16). The summed E-state index contributed by atoms with van der Waals surface area (Å²) in [5.74, 6) is 0.497. The number of primary amides is 1. The summed E-state index contributed by atoms with van der Waals surface area (Å²) in [4.78, 5) is 17.5. The second-order valence-corrected chi connectivity index (χ2v) is 4.88. The molecule has 19 heavy (non-hydrogen) atoms. The number of carbonyl (C=O) groups excluding carboxylic acids is 1. The zero-order chi connectivity index (χ0) is 14.0. The van der Waals surface area contributed by atoms with Crippen LogP contribution in [0.1, 0.15) is 0 Å². The van der Waals surface area contributed by atoms with Crippen LogP contribution in [-0.2, 0) is 9.53 Å². The molecular formula is C11H14Cl2N4O2. The van der Waals surface area contributed by atoms with Crippen LogP contribution in [0.3, 0.4) is 0 Å². The number of ether oxygens (including phenoxy) is 1. The van der Waals surface area contributed by atoms with Gasteiger partial charge >= 0.3 is 0 Å². The first-order valence-corrected chi connectivity index (χ1v) is 6.47. The van der Waals surface area contributed by atoms with Crippen molar-refractivity contribution < 1.29 is 9.53 Å². The highest BCUT2D eigenvalue weighted by Crippen LogP contribution is 2.32. The summed E-state index contributed by atoms with van der Waals surface area (Å²) in [5, 5.41) is 3.66. The molecule has 1 aliphatic rings. The Morgan fingerprint density at radius 3 is 2.95 bits per heavy atom. The lowest BCUT2D eigenvalue weighted by molar-refractivity contribution is -0.121. The normalized spacial score (nSPS) is 19.3. The molecule has 1 aliphatic heterocycles. The van der Waals surface area contributed by atoms with Gasteiger partial charge in [-0.3, -0.25) is 4.79 Å². The minimum atomic E-state index is -0.579. The van der Waals surface area contributed by atoms with Crippen molar-refractivity contribution in [1.82, 2.24) is 4.98 Å². The first-order chi connectivity index (χ1) is 9.04. The Balaban J connectivity index is 2.41. The van der Waals surface area contributed by atoms with Gasteiger partial charge in [0.1, 0.15) is 11.9 Å². The molecule has 1 amide bonds. The Morgan fingerprint density at radius 2 is 2.32 bits per heavy atom. The number of pyridine rings is 1. The summed E-state index contributed by atoms with van der Waals surface area (Å²) in [5.41, 5.74) is 5.37. The van der Waals surface area contributed by atoms with E-state index in [0.29, 0.717) is 34.8 Å². The molecule has 8 heteroatoms. The number of anilines is 2. The summed E-state index contributed by atoms with van der Waals surface area (Å²) in [6.07, 6.45) is 0. The van der Waals surface area contributed by atoms with Gasteiger partial charge < -0.3 is 20.7 Å². The topological polar surface area (TPSA) is 80.5 Å². The molecule has 0 spiro atoms. The largest absolute Gasteiger partial charge is 0.377 e. The van der Waals surface area contributed by atoms with Crippen LogP contribution >= 0.6 is 23.2 Å². The number of rotatable bonds is 3. The van der Waals surface area contributed by atoms with Crippen LogP contribution in [0.5, 0.6) is 0 Å².